The Bertz CT molecular complexity index is 672. The van der Waals surface area contributed by atoms with Crippen molar-refractivity contribution < 1.29 is 30.0 Å². The molecule has 0 saturated heterocycles. The summed E-state index contributed by atoms with van der Waals surface area (Å²) in [4.78, 5) is 23.9. The number of carbonyl (C=O) groups is 2. The van der Waals surface area contributed by atoms with Crippen LogP contribution in [0.5, 0.6) is 23.0 Å². The first-order valence-electron chi connectivity index (χ1n) is 6.49. The fourth-order valence-electron chi connectivity index (χ4n) is 1.91. The second-order valence-corrected chi connectivity index (χ2v) is 4.75. The molecule has 0 spiro atoms. The number of benzene rings is 2. The van der Waals surface area contributed by atoms with Crippen LogP contribution < -0.4 is 0 Å². The van der Waals surface area contributed by atoms with E-state index in [4.69, 9.17) is 0 Å². The molecule has 0 aliphatic rings. The van der Waals surface area contributed by atoms with Crippen LogP contribution in [0.1, 0.15) is 33.6 Å². The van der Waals surface area contributed by atoms with Crippen LogP contribution in [0, 0.1) is 0 Å². The number of rotatable bonds is 5. The first-order chi connectivity index (χ1) is 10.4. The maximum absolute atomic E-state index is 11.9. The number of carbonyl (C=O) groups excluding carboxylic acids is 2. The predicted molar refractivity (Wildman–Crippen MR) is 77.4 cm³/mol. The number of aromatic hydroxyl groups is 4. The summed E-state index contributed by atoms with van der Waals surface area (Å²) in [5.41, 5.74) is 0.383. The Hall–Kier alpha value is -3.02. The molecule has 2 aromatic rings. The Morgan fingerprint density at radius 2 is 1.00 bits per heavy atom. The molecule has 2 rings (SSSR count). The van der Waals surface area contributed by atoms with Crippen LogP contribution in [0.25, 0.3) is 0 Å². The average molecular weight is 302 g/mol. The van der Waals surface area contributed by atoms with E-state index in [0.29, 0.717) is 0 Å². The number of hydrogen-bond acceptors (Lipinski definition) is 6. The topological polar surface area (TPSA) is 115 Å². The summed E-state index contributed by atoms with van der Waals surface area (Å²) in [7, 11) is 0. The van der Waals surface area contributed by atoms with Crippen molar-refractivity contribution in [2.45, 2.75) is 12.8 Å². The van der Waals surface area contributed by atoms with E-state index in [2.05, 4.69) is 0 Å². The molecule has 22 heavy (non-hydrogen) atoms. The third kappa shape index (κ3) is 3.35. The maximum atomic E-state index is 11.9. The molecular formula is C16H14O6. The molecule has 0 radical (unpaired) electrons. The molecule has 114 valence electrons. The average Bonchev–Trinajstić information content (AvgIpc) is 2.50. The molecular weight excluding hydrogens is 288 g/mol. The molecule has 0 amide bonds. The monoisotopic (exact) mass is 302 g/mol. The van der Waals surface area contributed by atoms with Gasteiger partial charge < -0.3 is 20.4 Å². The fraction of sp³-hybridized carbons (Fsp3) is 0.125. The Morgan fingerprint density at radius 1 is 0.636 bits per heavy atom. The van der Waals surface area contributed by atoms with E-state index >= 15 is 0 Å². The van der Waals surface area contributed by atoms with Gasteiger partial charge in [0.25, 0.3) is 0 Å². The molecule has 0 aromatic heterocycles. The molecule has 6 nitrogen and oxygen atoms in total. The van der Waals surface area contributed by atoms with Crippen molar-refractivity contribution in [3.05, 3.63) is 47.5 Å². The van der Waals surface area contributed by atoms with Crippen molar-refractivity contribution in [3.63, 3.8) is 0 Å². The molecule has 0 saturated carbocycles. The minimum absolute atomic E-state index is 0.0787. The zero-order valence-electron chi connectivity index (χ0n) is 11.5. The van der Waals surface area contributed by atoms with Crippen LogP contribution in [0.2, 0.25) is 0 Å². The minimum Gasteiger partial charge on any atom is -0.504 e. The summed E-state index contributed by atoms with van der Waals surface area (Å²) in [5.74, 6) is -2.17. The summed E-state index contributed by atoms with van der Waals surface area (Å²) >= 11 is 0. The number of Topliss-reactive ketones (excluding diaryl/α,β-unsaturated/α-hetero) is 2. The largest absolute Gasteiger partial charge is 0.504 e. The van der Waals surface area contributed by atoms with E-state index in [1.165, 1.54) is 24.3 Å². The lowest BCUT2D eigenvalue weighted by atomic mass is 10.0. The Kier molecular flexibility index (Phi) is 4.31. The smallest absolute Gasteiger partial charge is 0.163 e. The molecule has 0 aliphatic heterocycles. The molecule has 0 heterocycles. The summed E-state index contributed by atoms with van der Waals surface area (Å²) in [6.07, 6.45) is -0.157. The van der Waals surface area contributed by atoms with Crippen LogP contribution in [0.3, 0.4) is 0 Å². The molecule has 0 fully saturated rings. The quantitative estimate of drug-likeness (QED) is 0.498. The normalized spacial score (nSPS) is 10.4. The molecule has 0 aliphatic carbocycles. The number of hydrogen-bond donors (Lipinski definition) is 4. The molecule has 6 heteroatoms. The predicted octanol–water partition coefficient (Wildman–Crippen LogP) is 2.35. The van der Waals surface area contributed by atoms with Crippen LogP contribution in [-0.2, 0) is 0 Å². The van der Waals surface area contributed by atoms with Gasteiger partial charge in [-0.25, -0.2) is 0 Å². The Morgan fingerprint density at radius 3 is 1.32 bits per heavy atom. The first kappa shape index (κ1) is 15.4. The summed E-state index contributed by atoms with van der Waals surface area (Å²) < 4.78 is 0. The van der Waals surface area contributed by atoms with Crippen molar-refractivity contribution in [1.29, 1.82) is 0 Å². The van der Waals surface area contributed by atoms with Gasteiger partial charge in [-0.15, -0.1) is 0 Å². The van der Waals surface area contributed by atoms with E-state index in [9.17, 15) is 30.0 Å². The van der Waals surface area contributed by atoms with Gasteiger partial charge in [-0.05, 0) is 36.4 Å². The lowest BCUT2D eigenvalue weighted by Gasteiger charge is -2.04. The molecule has 0 atom stereocenters. The van der Waals surface area contributed by atoms with Gasteiger partial charge >= 0.3 is 0 Å². The van der Waals surface area contributed by atoms with Crippen LogP contribution >= 0.6 is 0 Å². The maximum Gasteiger partial charge on any atom is 0.163 e. The van der Waals surface area contributed by atoms with Crippen molar-refractivity contribution in [1.82, 2.24) is 0 Å². The van der Waals surface area contributed by atoms with Gasteiger partial charge in [0.2, 0.25) is 0 Å². The zero-order chi connectivity index (χ0) is 16.3. The highest BCUT2D eigenvalue weighted by molar-refractivity contribution is 6.02. The Labute approximate surface area is 125 Å². The van der Waals surface area contributed by atoms with E-state index in [-0.39, 0.29) is 47.0 Å². The second-order valence-electron chi connectivity index (χ2n) is 4.75. The standard InChI is InChI=1S/C16H14O6/c17-11(9-1-3-13(19)15(21)7-9)5-6-12(18)10-2-4-14(20)16(22)8-10/h1-4,7-8,19-22H,5-6H2. The number of phenols is 4. The lowest BCUT2D eigenvalue weighted by molar-refractivity contribution is 0.0917. The third-order valence-electron chi connectivity index (χ3n) is 3.17. The van der Waals surface area contributed by atoms with Crippen molar-refractivity contribution in [3.8, 4) is 23.0 Å². The van der Waals surface area contributed by atoms with E-state index in [1.54, 1.807) is 0 Å². The van der Waals surface area contributed by atoms with Gasteiger partial charge in [-0.1, -0.05) is 0 Å². The molecule has 4 N–H and O–H groups in total. The lowest BCUT2D eigenvalue weighted by Crippen LogP contribution is -2.05. The molecule has 0 unspecified atom stereocenters. The molecule has 0 bridgehead atoms. The van der Waals surface area contributed by atoms with E-state index in [0.717, 1.165) is 12.1 Å². The van der Waals surface area contributed by atoms with Crippen molar-refractivity contribution >= 4 is 11.6 Å². The summed E-state index contributed by atoms with van der Waals surface area (Å²) in [6.45, 7) is 0. The van der Waals surface area contributed by atoms with E-state index < -0.39 is 11.5 Å². The van der Waals surface area contributed by atoms with Gasteiger partial charge in [-0.2, -0.15) is 0 Å². The Balaban J connectivity index is 2.02. The fourth-order valence-corrected chi connectivity index (χ4v) is 1.91. The summed E-state index contributed by atoms with van der Waals surface area (Å²) in [5, 5.41) is 37.0. The highest BCUT2D eigenvalue weighted by atomic mass is 16.3. The minimum atomic E-state index is -0.402. The second kappa shape index (κ2) is 6.17. The zero-order valence-corrected chi connectivity index (χ0v) is 11.5. The third-order valence-corrected chi connectivity index (χ3v) is 3.17. The van der Waals surface area contributed by atoms with Crippen LogP contribution in [-0.4, -0.2) is 32.0 Å². The number of ketones is 2. The number of phenolic OH excluding ortho intramolecular Hbond substituents is 4. The van der Waals surface area contributed by atoms with Crippen molar-refractivity contribution in [2.24, 2.45) is 0 Å². The van der Waals surface area contributed by atoms with Gasteiger partial charge in [0.15, 0.2) is 34.6 Å². The molecule has 2 aromatic carbocycles. The van der Waals surface area contributed by atoms with E-state index in [1.807, 2.05) is 0 Å². The first-order valence-corrected chi connectivity index (χ1v) is 6.49. The van der Waals surface area contributed by atoms with Crippen LogP contribution in [0.15, 0.2) is 36.4 Å². The highest BCUT2D eigenvalue weighted by Gasteiger charge is 2.13. The van der Waals surface area contributed by atoms with Crippen molar-refractivity contribution in [2.75, 3.05) is 0 Å². The SMILES string of the molecule is O=C(CCC(=O)c1ccc(O)c(O)c1)c1ccc(O)c(O)c1. The van der Waals surface area contributed by atoms with Crippen LogP contribution in [0.4, 0.5) is 0 Å². The van der Waals surface area contributed by atoms with Gasteiger partial charge in [0.1, 0.15) is 0 Å². The highest BCUT2D eigenvalue weighted by Crippen LogP contribution is 2.27. The van der Waals surface area contributed by atoms with Gasteiger partial charge in [0.05, 0.1) is 0 Å². The summed E-state index contributed by atoms with van der Waals surface area (Å²) in [6, 6.07) is 7.37. The van der Waals surface area contributed by atoms with Gasteiger partial charge in [-0.3, -0.25) is 9.59 Å². The van der Waals surface area contributed by atoms with Gasteiger partial charge in [0, 0.05) is 24.0 Å².